The summed E-state index contributed by atoms with van der Waals surface area (Å²) in [5.74, 6) is -0.299. The van der Waals surface area contributed by atoms with E-state index in [9.17, 15) is 10.1 Å². The fraction of sp³-hybridized carbons (Fsp3) is 0.444. The zero-order valence-electron chi connectivity index (χ0n) is 8.27. The first-order valence-electron chi connectivity index (χ1n) is 4.43. The lowest BCUT2D eigenvalue weighted by atomic mass is 10.2. The summed E-state index contributed by atoms with van der Waals surface area (Å²) in [6.07, 6.45) is 3.06. The van der Waals surface area contributed by atoms with Gasteiger partial charge in [-0.1, -0.05) is 11.6 Å². The third kappa shape index (κ3) is 3.45. The number of methoxy groups -OCH3 is 1. The second kappa shape index (κ2) is 5.63. The molecule has 15 heavy (non-hydrogen) atoms. The number of pyridine rings is 1. The predicted molar refractivity (Wildman–Crippen MR) is 56.1 cm³/mol. The lowest BCUT2D eigenvalue weighted by Gasteiger charge is -2.00. The Morgan fingerprint density at radius 2 is 2.40 bits per heavy atom. The Kier molecular flexibility index (Phi) is 4.45. The highest BCUT2D eigenvalue weighted by atomic mass is 35.5. The summed E-state index contributed by atoms with van der Waals surface area (Å²) < 4.78 is 4.89. The molecule has 0 radical (unpaired) electrons. The quantitative estimate of drug-likeness (QED) is 0.442. The maximum Gasteiger partial charge on any atom is 0.382 e. The minimum absolute atomic E-state index is 0.0786. The van der Waals surface area contributed by atoms with Crippen molar-refractivity contribution in [1.82, 2.24) is 4.98 Å². The van der Waals surface area contributed by atoms with E-state index in [1.807, 2.05) is 0 Å². The van der Waals surface area contributed by atoms with Gasteiger partial charge in [0.15, 0.2) is 0 Å². The first-order chi connectivity index (χ1) is 7.15. The Bertz CT molecular complexity index is 357. The van der Waals surface area contributed by atoms with Crippen LogP contribution in [0.1, 0.15) is 12.0 Å². The van der Waals surface area contributed by atoms with Gasteiger partial charge in [-0.25, -0.2) is 0 Å². The second-order valence-electron chi connectivity index (χ2n) is 3.00. The molecule has 0 bridgehead atoms. The summed E-state index contributed by atoms with van der Waals surface area (Å²) in [6.45, 7) is 0.647. The lowest BCUT2D eigenvalue weighted by molar-refractivity contribution is -0.389. The largest absolute Gasteiger partial charge is 0.385 e. The zero-order valence-corrected chi connectivity index (χ0v) is 9.03. The smallest absolute Gasteiger partial charge is 0.382 e. The Morgan fingerprint density at radius 3 is 2.93 bits per heavy atom. The first kappa shape index (κ1) is 11.9. The second-order valence-corrected chi connectivity index (χ2v) is 3.41. The fourth-order valence-corrected chi connectivity index (χ4v) is 1.42. The third-order valence-corrected chi connectivity index (χ3v) is 2.14. The molecule has 0 N–H and O–H groups in total. The van der Waals surface area contributed by atoms with Gasteiger partial charge in [0.25, 0.3) is 0 Å². The van der Waals surface area contributed by atoms with Crippen molar-refractivity contribution in [3.05, 3.63) is 33.0 Å². The Labute approximate surface area is 92.2 Å². The number of aryl methyl sites for hydroxylation is 1. The summed E-state index contributed by atoms with van der Waals surface area (Å²) in [6, 6.07) is 1.57. The molecule has 0 amide bonds. The molecule has 0 fully saturated rings. The topological polar surface area (TPSA) is 65.3 Å². The monoisotopic (exact) mass is 230 g/mol. The maximum atomic E-state index is 10.4. The van der Waals surface area contributed by atoms with Crippen LogP contribution in [-0.4, -0.2) is 23.6 Å². The Balaban J connectivity index is 2.69. The number of hydrogen-bond acceptors (Lipinski definition) is 4. The normalized spacial score (nSPS) is 10.3. The van der Waals surface area contributed by atoms with Gasteiger partial charge in [0.05, 0.1) is 0 Å². The molecule has 0 aliphatic rings. The maximum absolute atomic E-state index is 10.4. The highest BCUT2D eigenvalue weighted by Crippen LogP contribution is 2.22. The number of aromatic nitrogens is 1. The van der Waals surface area contributed by atoms with Gasteiger partial charge in [0.1, 0.15) is 11.2 Å². The van der Waals surface area contributed by atoms with Crippen LogP contribution in [0, 0.1) is 10.1 Å². The van der Waals surface area contributed by atoms with Gasteiger partial charge in [-0.2, -0.15) is 0 Å². The van der Waals surface area contributed by atoms with Gasteiger partial charge in [-0.05, 0) is 34.4 Å². The van der Waals surface area contributed by atoms with Crippen molar-refractivity contribution in [2.75, 3.05) is 13.7 Å². The molecule has 1 aromatic heterocycles. The molecule has 0 aliphatic carbocycles. The summed E-state index contributed by atoms with van der Waals surface area (Å²) in [5, 5.41) is 10.5. The van der Waals surface area contributed by atoms with Crippen LogP contribution in [0.3, 0.4) is 0 Å². The summed E-state index contributed by atoms with van der Waals surface area (Å²) >= 11 is 5.70. The van der Waals surface area contributed by atoms with E-state index in [0.29, 0.717) is 6.61 Å². The summed E-state index contributed by atoms with van der Waals surface area (Å²) in [5.41, 5.74) is 0.877. The van der Waals surface area contributed by atoms with Crippen LogP contribution in [0.5, 0.6) is 0 Å². The van der Waals surface area contributed by atoms with Crippen molar-refractivity contribution >= 4 is 17.4 Å². The van der Waals surface area contributed by atoms with Crippen LogP contribution in [0.4, 0.5) is 5.82 Å². The van der Waals surface area contributed by atoms with Gasteiger partial charge >= 0.3 is 5.82 Å². The molecule has 0 spiro atoms. The Hall–Kier alpha value is -1.20. The van der Waals surface area contributed by atoms with Gasteiger partial charge in [0, 0.05) is 13.7 Å². The van der Waals surface area contributed by atoms with Gasteiger partial charge in [0.2, 0.25) is 0 Å². The van der Waals surface area contributed by atoms with Gasteiger partial charge in [-0.3, -0.25) is 0 Å². The van der Waals surface area contributed by atoms with E-state index in [1.165, 1.54) is 6.20 Å². The fourth-order valence-electron chi connectivity index (χ4n) is 1.16. The van der Waals surface area contributed by atoms with Crippen molar-refractivity contribution in [3.8, 4) is 0 Å². The van der Waals surface area contributed by atoms with Gasteiger partial charge < -0.3 is 14.9 Å². The molecule has 1 aromatic rings. The molecule has 6 heteroatoms. The highest BCUT2D eigenvalue weighted by molar-refractivity contribution is 6.32. The van der Waals surface area contributed by atoms with Crippen LogP contribution >= 0.6 is 11.6 Å². The number of hydrogen-bond donors (Lipinski definition) is 0. The van der Waals surface area contributed by atoms with Crippen LogP contribution < -0.4 is 0 Å². The molecule has 0 aromatic carbocycles. The zero-order chi connectivity index (χ0) is 11.3. The molecule has 0 atom stereocenters. The molecule has 0 unspecified atom stereocenters. The first-order valence-corrected chi connectivity index (χ1v) is 4.80. The summed E-state index contributed by atoms with van der Waals surface area (Å²) in [7, 11) is 1.63. The van der Waals surface area contributed by atoms with Crippen LogP contribution in [-0.2, 0) is 11.2 Å². The van der Waals surface area contributed by atoms with Crippen molar-refractivity contribution < 1.29 is 9.66 Å². The van der Waals surface area contributed by atoms with E-state index < -0.39 is 4.92 Å². The minimum Gasteiger partial charge on any atom is -0.385 e. The molecule has 0 saturated heterocycles. The number of nitrogens with zero attached hydrogens (tertiary/aromatic N) is 2. The predicted octanol–water partition coefficient (Wildman–Crippen LogP) is 2.22. The van der Waals surface area contributed by atoms with Crippen LogP contribution in [0.15, 0.2) is 12.3 Å². The third-order valence-electron chi connectivity index (χ3n) is 1.87. The molecule has 5 nitrogen and oxygen atoms in total. The molecule has 0 aliphatic heterocycles. The highest BCUT2D eigenvalue weighted by Gasteiger charge is 2.13. The van der Waals surface area contributed by atoms with E-state index in [0.717, 1.165) is 18.4 Å². The lowest BCUT2D eigenvalue weighted by Crippen LogP contribution is -1.97. The number of rotatable bonds is 5. The standard InChI is InChI=1S/C9H11ClN2O3/c1-15-4-2-3-7-5-8(10)9(11-6-7)12(13)14/h5-6H,2-4H2,1H3. The van der Waals surface area contributed by atoms with Gasteiger partial charge in [-0.15, -0.1) is 0 Å². The van der Waals surface area contributed by atoms with E-state index >= 15 is 0 Å². The molecular formula is C9H11ClN2O3. The minimum atomic E-state index is -0.596. The van der Waals surface area contributed by atoms with Crippen molar-refractivity contribution in [3.63, 3.8) is 0 Å². The molecule has 1 rings (SSSR count). The molecule has 0 saturated carbocycles. The Morgan fingerprint density at radius 1 is 1.67 bits per heavy atom. The SMILES string of the molecule is COCCCc1cnc([N+](=O)[O-])c(Cl)c1. The number of nitro groups is 1. The van der Waals surface area contributed by atoms with Crippen LogP contribution in [0.2, 0.25) is 5.02 Å². The van der Waals surface area contributed by atoms with Crippen LogP contribution in [0.25, 0.3) is 0 Å². The van der Waals surface area contributed by atoms with E-state index in [-0.39, 0.29) is 10.8 Å². The molecular weight excluding hydrogens is 220 g/mol. The van der Waals surface area contributed by atoms with Crippen molar-refractivity contribution in [2.45, 2.75) is 12.8 Å². The number of ether oxygens (including phenoxy) is 1. The van der Waals surface area contributed by atoms with E-state index in [2.05, 4.69) is 4.98 Å². The molecule has 82 valence electrons. The van der Waals surface area contributed by atoms with E-state index in [1.54, 1.807) is 13.2 Å². The van der Waals surface area contributed by atoms with Crippen molar-refractivity contribution in [1.29, 1.82) is 0 Å². The number of halogens is 1. The summed E-state index contributed by atoms with van der Waals surface area (Å²) in [4.78, 5) is 13.5. The van der Waals surface area contributed by atoms with Crippen molar-refractivity contribution in [2.24, 2.45) is 0 Å². The van der Waals surface area contributed by atoms with E-state index in [4.69, 9.17) is 16.3 Å². The molecule has 1 heterocycles. The average Bonchev–Trinajstić information content (AvgIpc) is 2.17. The average molecular weight is 231 g/mol.